The Morgan fingerprint density at radius 3 is 3.13 bits per heavy atom. The average molecular weight is 334 g/mol. The summed E-state index contributed by atoms with van der Waals surface area (Å²) in [6, 6.07) is 2.05. The number of nitrogens with zero attached hydrogens (tertiary/aromatic N) is 4. The summed E-state index contributed by atoms with van der Waals surface area (Å²) in [7, 11) is 0. The first-order valence-corrected chi connectivity index (χ1v) is 9.03. The predicted molar refractivity (Wildman–Crippen MR) is 88.6 cm³/mol. The van der Waals surface area contributed by atoms with Gasteiger partial charge in [0.15, 0.2) is 0 Å². The first-order chi connectivity index (χ1) is 11.3. The van der Waals surface area contributed by atoms with E-state index in [1.54, 1.807) is 23.1 Å². The van der Waals surface area contributed by atoms with Crippen LogP contribution in [0.4, 0.5) is 5.13 Å². The van der Waals surface area contributed by atoms with Gasteiger partial charge in [-0.3, -0.25) is 4.90 Å². The number of aromatic nitrogens is 2. The zero-order valence-electron chi connectivity index (χ0n) is 13.2. The first-order valence-electron chi connectivity index (χ1n) is 8.15. The van der Waals surface area contributed by atoms with E-state index < -0.39 is 0 Å². The maximum absolute atomic E-state index is 5.97. The van der Waals surface area contributed by atoms with Gasteiger partial charge in [0.1, 0.15) is 5.51 Å². The Bertz CT molecular complexity index is 604. The van der Waals surface area contributed by atoms with E-state index >= 15 is 0 Å². The van der Waals surface area contributed by atoms with E-state index in [0.29, 0.717) is 0 Å². The van der Waals surface area contributed by atoms with Gasteiger partial charge < -0.3 is 14.1 Å². The summed E-state index contributed by atoms with van der Waals surface area (Å²) in [5.74, 6) is 0. The van der Waals surface area contributed by atoms with Crippen molar-refractivity contribution in [2.24, 2.45) is 5.41 Å². The Labute approximate surface area is 140 Å². The number of hydrogen-bond acceptors (Lipinski definition) is 7. The molecule has 2 aromatic rings. The highest BCUT2D eigenvalue weighted by molar-refractivity contribution is 7.13. The summed E-state index contributed by atoms with van der Waals surface area (Å²) < 4.78 is 11.2. The van der Waals surface area contributed by atoms with Gasteiger partial charge in [-0.05, 0) is 25.5 Å². The molecule has 0 aliphatic carbocycles. The zero-order valence-corrected chi connectivity index (χ0v) is 14.0. The molecule has 0 N–H and O–H groups in total. The number of likely N-dealkylation sites (tertiary alicyclic amines) is 1. The molecule has 0 aromatic carbocycles. The lowest BCUT2D eigenvalue weighted by Gasteiger charge is -2.43. The lowest BCUT2D eigenvalue weighted by atomic mass is 9.80. The van der Waals surface area contributed by atoms with Gasteiger partial charge in [0.25, 0.3) is 0 Å². The van der Waals surface area contributed by atoms with Crippen molar-refractivity contribution in [1.82, 2.24) is 15.1 Å². The molecule has 0 amide bonds. The lowest BCUT2D eigenvalue weighted by Crippen LogP contribution is -2.50. The van der Waals surface area contributed by atoms with E-state index in [1.807, 2.05) is 6.26 Å². The SMILES string of the molecule is c1cc(CN2CCC[C@]3(COCCN(c4nncs4)C3)C2)co1. The minimum atomic E-state index is 0.185. The zero-order chi connectivity index (χ0) is 15.5. The van der Waals surface area contributed by atoms with Crippen molar-refractivity contribution >= 4 is 16.5 Å². The van der Waals surface area contributed by atoms with Crippen molar-refractivity contribution in [2.75, 3.05) is 44.3 Å². The number of piperidine rings is 1. The van der Waals surface area contributed by atoms with Crippen LogP contribution in [0, 0.1) is 5.41 Å². The van der Waals surface area contributed by atoms with Crippen LogP contribution in [-0.2, 0) is 11.3 Å². The normalized spacial score (nSPS) is 26.5. The summed E-state index contributed by atoms with van der Waals surface area (Å²) in [5.41, 5.74) is 3.24. The highest BCUT2D eigenvalue weighted by Crippen LogP contribution is 2.35. The quantitative estimate of drug-likeness (QED) is 0.858. The van der Waals surface area contributed by atoms with Gasteiger partial charge in [0, 0.05) is 37.2 Å². The van der Waals surface area contributed by atoms with E-state index in [1.165, 1.54) is 18.4 Å². The molecule has 0 saturated carbocycles. The first kappa shape index (κ1) is 15.1. The van der Waals surface area contributed by atoms with Gasteiger partial charge in [0.2, 0.25) is 5.13 Å². The topological polar surface area (TPSA) is 54.6 Å². The van der Waals surface area contributed by atoms with Crippen LogP contribution in [0.3, 0.4) is 0 Å². The largest absolute Gasteiger partial charge is 0.472 e. The molecule has 4 heterocycles. The summed E-state index contributed by atoms with van der Waals surface area (Å²) >= 11 is 1.61. The molecule has 4 rings (SSSR count). The Hall–Kier alpha value is -1.44. The fourth-order valence-electron chi connectivity index (χ4n) is 3.79. The summed E-state index contributed by atoms with van der Waals surface area (Å²) in [5, 5.41) is 9.26. The van der Waals surface area contributed by atoms with Gasteiger partial charge in [-0.15, -0.1) is 10.2 Å². The lowest BCUT2D eigenvalue weighted by molar-refractivity contribution is 0.0106. The van der Waals surface area contributed by atoms with Crippen LogP contribution in [0.1, 0.15) is 18.4 Å². The van der Waals surface area contributed by atoms with Crippen LogP contribution >= 0.6 is 11.3 Å². The maximum atomic E-state index is 5.97. The second kappa shape index (κ2) is 6.59. The molecule has 2 fully saturated rings. The highest BCUT2D eigenvalue weighted by atomic mass is 32.1. The number of ether oxygens (including phenoxy) is 1. The number of rotatable bonds is 3. The molecule has 2 aliphatic rings. The predicted octanol–water partition coefficient (Wildman–Crippen LogP) is 2.25. The van der Waals surface area contributed by atoms with Crippen LogP contribution in [0.25, 0.3) is 0 Å². The number of furan rings is 1. The maximum Gasteiger partial charge on any atom is 0.208 e. The Morgan fingerprint density at radius 2 is 2.30 bits per heavy atom. The molecule has 0 bridgehead atoms. The van der Waals surface area contributed by atoms with Crippen molar-refractivity contribution in [3.8, 4) is 0 Å². The van der Waals surface area contributed by atoms with E-state index in [9.17, 15) is 0 Å². The molecule has 124 valence electrons. The fraction of sp³-hybridized carbons (Fsp3) is 0.625. The second-order valence-corrected chi connectivity index (χ2v) is 7.45. The second-order valence-electron chi connectivity index (χ2n) is 6.64. The summed E-state index contributed by atoms with van der Waals surface area (Å²) in [6.07, 6.45) is 6.02. The van der Waals surface area contributed by atoms with Gasteiger partial charge in [-0.1, -0.05) is 11.3 Å². The van der Waals surface area contributed by atoms with Crippen molar-refractivity contribution in [3.63, 3.8) is 0 Å². The molecule has 1 spiro atoms. The third kappa shape index (κ3) is 3.41. The summed E-state index contributed by atoms with van der Waals surface area (Å²) in [6.45, 7) is 6.67. The van der Waals surface area contributed by atoms with Gasteiger partial charge >= 0.3 is 0 Å². The molecule has 2 aromatic heterocycles. The van der Waals surface area contributed by atoms with E-state index in [-0.39, 0.29) is 5.41 Å². The van der Waals surface area contributed by atoms with Crippen LogP contribution in [0.5, 0.6) is 0 Å². The average Bonchev–Trinajstić information content (AvgIpc) is 3.22. The van der Waals surface area contributed by atoms with Crippen LogP contribution < -0.4 is 4.90 Å². The molecule has 0 radical (unpaired) electrons. The Morgan fingerprint density at radius 1 is 1.30 bits per heavy atom. The molecule has 6 nitrogen and oxygen atoms in total. The van der Waals surface area contributed by atoms with Crippen LogP contribution in [0.15, 0.2) is 28.5 Å². The van der Waals surface area contributed by atoms with Crippen molar-refractivity contribution in [3.05, 3.63) is 29.7 Å². The highest BCUT2D eigenvalue weighted by Gasteiger charge is 2.39. The van der Waals surface area contributed by atoms with E-state index in [2.05, 4.69) is 26.1 Å². The van der Waals surface area contributed by atoms with Crippen LogP contribution in [0.2, 0.25) is 0 Å². The molecule has 0 unspecified atom stereocenters. The summed E-state index contributed by atoms with van der Waals surface area (Å²) in [4.78, 5) is 4.88. The van der Waals surface area contributed by atoms with E-state index in [4.69, 9.17) is 9.15 Å². The minimum absolute atomic E-state index is 0.185. The number of anilines is 1. The molecule has 2 aliphatic heterocycles. The van der Waals surface area contributed by atoms with Gasteiger partial charge in [-0.2, -0.15) is 0 Å². The Balaban J connectivity index is 1.48. The molecule has 23 heavy (non-hydrogen) atoms. The third-order valence-electron chi connectivity index (χ3n) is 4.79. The van der Waals surface area contributed by atoms with Gasteiger partial charge in [0.05, 0.1) is 25.7 Å². The van der Waals surface area contributed by atoms with E-state index in [0.717, 1.165) is 51.1 Å². The molecular formula is C16H22N4O2S. The smallest absolute Gasteiger partial charge is 0.208 e. The van der Waals surface area contributed by atoms with Crippen molar-refractivity contribution in [1.29, 1.82) is 0 Å². The number of hydrogen-bond donors (Lipinski definition) is 0. The standard InChI is InChI=1S/C16H22N4O2S/c1-3-16(10-19(4-1)8-14-2-6-21-9-14)11-20(5-7-22-12-16)15-18-17-13-23-15/h2,6,9,13H,1,3-5,7-8,10-12H2/t16-/m0/s1. The molecule has 7 heteroatoms. The third-order valence-corrected chi connectivity index (χ3v) is 5.54. The molecule has 1 atom stereocenters. The fourth-order valence-corrected chi connectivity index (χ4v) is 4.38. The van der Waals surface area contributed by atoms with Crippen LogP contribution in [-0.4, -0.2) is 54.5 Å². The van der Waals surface area contributed by atoms with Gasteiger partial charge in [-0.25, -0.2) is 0 Å². The Kier molecular flexibility index (Phi) is 4.33. The van der Waals surface area contributed by atoms with Crippen molar-refractivity contribution in [2.45, 2.75) is 19.4 Å². The minimum Gasteiger partial charge on any atom is -0.472 e. The van der Waals surface area contributed by atoms with Crippen molar-refractivity contribution < 1.29 is 9.15 Å². The molecular weight excluding hydrogens is 312 g/mol. The molecule has 2 saturated heterocycles. The monoisotopic (exact) mass is 334 g/mol.